The van der Waals surface area contributed by atoms with Gasteiger partial charge in [-0.15, -0.1) is 11.3 Å². The molecular formula is C29H31N3O4S. The van der Waals surface area contributed by atoms with Gasteiger partial charge < -0.3 is 9.80 Å². The highest BCUT2D eigenvalue weighted by Crippen LogP contribution is 2.39. The summed E-state index contributed by atoms with van der Waals surface area (Å²) in [6, 6.07) is 15.8. The normalized spacial score (nSPS) is 17.8. The number of hydrogen-bond donors (Lipinski definition) is 0. The van der Waals surface area contributed by atoms with E-state index in [1.54, 1.807) is 16.2 Å². The number of nitrogens with zero attached hydrogens (tertiary/aromatic N) is 3. The first-order valence-electron chi connectivity index (χ1n) is 12.9. The molecule has 37 heavy (non-hydrogen) atoms. The maximum Gasteiger partial charge on any atom is 0.269 e. The minimum absolute atomic E-state index is 0.00232. The summed E-state index contributed by atoms with van der Waals surface area (Å²) < 4.78 is 0. The maximum absolute atomic E-state index is 14.0. The zero-order valence-electron chi connectivity index (χ0n) is 21.0. The zero-order chi connectivity index (χ0) is 25.9. The number of nitro benzene ring substituents is 1. The molecule has 0 N–H and O–H groups in total. The van der Waals surface area contributed by atoms with Crippen LogP contribution in [0.5, 0.6) is 0 Å². The quantitative estimate of drug-likeness (QED) is 0.300. The fraction of sp³-hybridized carbons (Fsp3) is 0.379. The van der Waals surface area contributed by atoms with Crippen molar-refractivity contribution in [2.75, 3.05) is 13.1 Å². The van der Waals surface area contributed by atoms with E-state index in [0.717, 1.165) is 49.7 Å². The summed E-state index contributed by atoms with van der Waals surface area (Å²) in [5.74, 6) is -0.304. The van der Waals surface area contributed by atoms with Gasteiger partial charge in [0.2, 0.25) is 5.91 Å². The first-order chi connectivity index (χ1) is 17.9. The van der Waals surface area contributed by atoms with Crippen molar-refractivity contribution in [3.05, 3.63) is 97.2 Å². The highest BCUT2D eigenvalue weighted by Gasteiger charge is 2.36. The van der Waals surface area contributed by atoms with Crippen molar-refractivity contribution in [1.82, 2.24) is 9.80 Å². The van der Waals surface area contributed by atoms with E-state index < -0.39 is 4.92 Å². The predicted molar refractivity (Wildman–Crippen MR) is 144 cm³/mol. The van der Waals surface area contributed by atoms with Gasteiger partial charge in [0.05, 0.1) is 11.0 Å². The number of rotatable bonds is 6. The van der Waals surface area contributed by atoms with Gasteiger partial charge in [-0.2, -0.15) is 0 Å². The van der Waals surface area contributed by atoms with Crippen LogP contribution in [0.25, 0.3) is 0 Å². The van der Waals surface area contributed by atoms with E-state index in [2.05, 4.69) is 30.5 Å². The number of nitro groups is 1. The number of fused-ring (bicyclic) bond motifs is 1. The number of carbonyl (C=O) groups excluding carboxylic acids is 2. The molecule has 1 aliphatic carbocycles. The van der Waals surface area contributed by atoms with Crippen LogP contribution in [0.3, 0.4) is 0 Å². The number of thiophene rings is 1. The molecule has 5 rings (SSSR count). The number of non-ortho nitro benzene ring substituents is 1. The Bertz CT molecular complexity index is 1300. The summed E-state index contributed by atoms with van der Waals surface area (Å²) in [5.41, 5.74) is 3.73. The van der Waals surface area contributed by atoms with Gasteiger partial charge in [-0.3, -0.25) is 19.7 Å². The SMILES string of the molecule is Cc1ccccc1C1c2ccsc2CCN1C(=O)CN(C(=O)c1ccc([N+](=O)[O-])cc1)C1CCCCC1. The van der Waals surface area contributed by atoms with Gasteiger partial charge in [0.25, 0.3) is 11.6 Å². The number of carbonyl (C=O) groups is 2. The summed E-state index contributed by atoms with van der Waals surface area (Å²) in [7, 11) is 0. The van der Waals surface area contributed by atoms with Gasteiger partial charge >= 0.3 is 0 Å². The van der Waals surface area contributed by atoms with E-state index in [4.69, 9.17) is 0 Å². The number of benzene rings is 2. The van der Waals surface area contributed by atoms with Crippen LogP contribution in [0.15, 0.2) is 60.0 Å². The molecule has 1 aromatic heterocycles. The second-order valence-electron chi connectivity index (χ2n) is 9.92. The molecule has 0 radical (unpaired) electrons. The first-order valence-corrected chi connectivity index (χ1v) is 13.8. The van der Waals surface area contributed by atoms with Crippen LogP contribution in [0.2, 0.25) is 0 Å². The van der Waals surface area contributed by atoms with Crippen LogP contribution in [0.4, 0.5) is 5.69 Å². The highest BCUT2D eigenvalue weighted by molar-refractivity contribution is 7.10. The lowest BCUT2D eigenvalue weighted by Crippen LogP contribution is -2.50. The van der Waals surface area contributed by atoms with Crippen molar-refractivity contribution in [2.24, 2.45) is 0 Å². The summed E-state index contributed by atoms with van der Waals surface area (Å²) in [6.45, 7) is 2.68. The van der Waals surface area contributed by atoms with Crippen molar-refractivity contribution in [3.63, 3.8) is 0 Å². The third kappa shape index (κ3) is 5.16. The molecule has 1 unspecified atom stereocenters. The van der Waals surface area contributed by atoms with Gasteiger partial charge in [0.1, 0.15) is 6.54 Å². The molecule has 1 saturated carbocycles. The van der Waals surface area contributed by atoms with Crippen LogP contribution in [0.1, 0.15) is 70.1 Å². The molecule has 8 heteroatoms. The molecule has 2 aromatic carbocycles. The van der Waals surface area contributed by atoms with Crippen LogP contribution >= 0.6 is 11.3 Å². The molecule has 192 valence electrons. The minimum Gasteiger partial charge on any atom is -0.330 e. The Hall–Kier alpha value is -3.52. The van der Waals surface area contributed by atoms with Crippen LogP contribution in [0, 0.1) is 17.0 Å². The number of aryl methyl sites for hydroxylation is 1. The van der Waals surface area contributed by atoms with Crippen molar-refractivity contribution in [2.45, 2.75) is 57.5 Å². The summed E-state index contributed by atoms with van der Waals surface area (Å²) in [6.07, 6.45) is 5.71. The molecule has 1 atom stereocenters. The molecule has 0 saturated heterocycles. The summed E-state index contributed by atoms with van der Waals surface area (Å²) in [5, 5.41) is 13.2. The minimum atomic E-state index is -0.475. The van der Waals surface area contributed by atoms with Crippen molar-refractivity contribution in [1.29, 1.82) is 0 Å². The Balaban J connectivity index is 1.45. The third-order valence-electron chi connectivity index (χ3n) is 7.68. The molecular weight excluding hydrogens is 486 g/mol. The maximum atomic E-state index is 14.0. The zero-order valence-corrected chi connectivity index (χ0v) is 21.8. The van der Waals surface area contributed by atoms with Gasteiger partial charge in [-0.05, 0) is 66.5 Å². The summed E-state index contributed by atoms with van der Waals surface area (Å²) in [4.78, 5) is 43.3. The second kappa shape index (κ2) is 10.8. The third-order valence-corrected chi connectivity index (χ3v) is 8.67. The summed E-state index contributed by atoms with van der Waals surface area (Å²) >= 11 is 1.73. The average Bonchev–Trinajstić information content (AvgIpc) is 3.41. The second-order valence-corrected chi connectivity index (χ2v) is 10.9. The fourth-order valence-corrected chi connectivity index (χ4v) is 6.61. The first kappa shape index (κ1) is 25.1. The fourth-order valence-electron chi connectivity index (χ4n) is 5.70. The van der Waals surface area contributed by atoms with Gasteiger partial charge in [0, 0.05) is 35.2 Å². The predicted octanol–water partition coefficient (Wildman–Crippen LogP) is 5.91. The Morgan fingerprint density at radius 2 is 1.76 bits per heavy atom. The Morgan fingerprint density at radius 3 is 2.46 bits per heavy atom. The monoisotopic (exact) mass is 517 g/mol. The number of hydrogen-bond acceptors (Lipinski definition) is 5. The molecule has 7 nitrogen and oxygen atoms in total. The van der Waals surface area contributed by atoms with Crippen molar-refractivity contribution >= 4 is 28.8 Å². The molecule has 1 fully saturated rings. The highest BCUT2D eigenvalue weighted by atomic mass is 32.1. The lowest BCUT2D eigenvalue weighted by atomic mass is 9.90. The smallest absolute Gasteiger partial charge is 0.269 e. The average molecular weight is 518 g/mol. The van der Waals surface area contributed by atoms with E-state index in [9.17, 15) is 19.7 Å². The van der Waals surface area contributed by atoms with Gasteiger partial charge in [-0.1, -0.05) is 43.5 Å². The molecule has 2 heterocycles. The van der Waals surface area contributed by atoms with E-state index >= 15 is 0 Å². The van der Waals surface area contributed by atoms with Crippen molar-refractivity contribution in [3.8, 4) is 0 Å². The van der Waals surface area contributed by atoms with Crippen molar-refractivity contribution < 1.29 is 14.5 Å². The van der Waals surface area contributed by atoms with E-state index in [1.165, 1.54) is 34.7 Å². The van der Waals surface area contributed by atoms with Crippen LogP contribution < -0.4 is 0 Å². The molecule has 2 amide bonds. The Kier molecular flexibility index (Phi) is 7.37. The Labute approximate surface area is 220 Å². The van der Waals surface area contributed by atoms with E-state index in [0.29, 0.717) is 12.1 Å². The van der Waals surface area contributed by atoms with Crippen LogP contribution in [-0.4, -0.2) is 45.7 Å². The van der Waals surface area contributed by atoms with Crippen LogP contribution in [-0.2, 0) is 11.2 Å². The van der Waals surface area contributed by atoms with Gasteiger partial charge in [-0.25, -0.2) is 0 Å². The topological polar surface area (TPSA) is 83.8 Å². The lowest BCUT2D eigenvalue weighted by molar-refractivity contribution is -0.384. The molecule has 3 aromatic rings. The Morgan fingerprint density at radius 1 is 1.03 bits per heavy atom. The molecule has 1 aliphatic heterocycles. The van der Waals surface area contributed by atoms with Gasteiger partial charge in [0.15, 0.2) is 0 Å². The van der Waals surface area contributed by atoms with E-state index in [-0.39, 0.29) is 36.1 Å². The lowest BCUT2D eigenvalue weighted by Gasteiger charge is -2.40. The largest absolute Gasteiger partial charge is 0.330 e. The number of amides is 2. The molecule has 0 spiro atoms. The molecule has 2 aliphatic rings. The molecule has 0 bridgehead atoms. The van der Waals surface area contributed by atoms with E-state index in [1.807, 2.05) is 17.0 Å². The standard InChI is InChI=1S/C29H31N3O4S/c1-20-7-5-6-10-24(20)28-25-16-18-37-26(25)15-17-30(28)27(33)19-31(22-8-3-2-4-9-22)29(34)21-11-13-23(14-12-21)32(35)36/h5-7,10-14,16,18,22,28H,2-4,8-9,15,17,19H2,1H3.